The Labute approximate surface area is 186 Å². The Morgan fingerprint density at radius 2 is 1.45 bits per heavy atom. The second-order valence-electron chi connectivity index (χ2n) is 8.34. The van der Waals surface area contributed by atoms with Crippen LogP contribution < -0.4 is 4.74 Å². The van der Waals surface area contributed by atoms with Crippen LogP contribution in [-0.4, -0.2) is 6.29 Å². The van der Waals surface area contributed by atoms with Gasteiger partial charge in [0.2, 0.25) is 0 Å². The summed E-state index contributed by atoms with van der Waals surface area (Å²) in [6.07, 6.45) is 3.66. The van der Waals surface area contributed by atoms with E-state index in [1.54, 1.807) is 0 Å². The molecular formula is C29H32O2. The van der Waals surface area contributed by atoms with Crippen LogP contribution in [0.2, 0.25) is 0 Å². The van der Waals surface area contributed by atoms with Crippen LogP contribution in [0, 0.1) is 41.5 Å². The van der Waals surface area contributed by atoms with Gasteiger partial charge < -0.3 is 4.74 Å². The summed E-state index contributed by atoms with van der Waals surface area (Å²) in [6, 6.07) is 12.4. The molecule has 0 radical (unpaired) electrons. The minimum atomic E-state index is 0.535. The minimum Gasteiger partial charge on any atom is -0.489 e. The number of rotatable bonds is 7. The third kappa shape index (κ3) is 4.20. The zero-order valence-electron chi connectivity index (χ0n) is 19.6. The van der Waals surface area contributed by atoms with Gasteiger partial charge in [0.15, 0.2) is 6.29 Å². The van der Waals surface area contributed by atoms with Gasteiger partial charge in [0.05, 0.1) is 0 Å². The zero-order valence-corrected chi connectivity index (χ0v) is 19.6. The SMILES string of the molecule is C=CCc1c(OCc2ccccc2)cc(C)c(-c2c(C)c(C)c(C=O)c(C)c2C)c1C. The molecule has 2 heteroatoms. The molecule has 0 unspecified atom stereocenters. The average molecular weight is 413 g/mol. The van der Waals surface area contributed by atoms with Gasteiger partial charge in [-0.2, -0.15) is 0 Å². The van der Waals surface area contributed by atoms with Crippen molar-refractivity contribution >= 4 is 6.29 Å². The summed E-state index contributed by atoms with van der Waals surface area (Å²) in [6.45, 7) is 17.2. The van der Waals surface area contributed by atoms with Crippen molar-refractivity contribution in [3.63, 3.8) is 0 Å². The lowest BCUT2D eigenvalue weighted by atomic mass is 9.81. The Hall–Kier alpha value is -3.13. The monoisotopic (exact) mass is 412 g/mol. The van der Waals surface area contributed by atoms with Gasteiger partial charge in [-0.05, 0) is 104 Å². The first-order valence-corrected chi connectivity index (χ1v) is 10.8. The number of allylic oxidation sites excluding steroid dienone is 1. The van der Waals surface area contributed by atoms with Crippen molar-refractivity contribution < 1.29 is 9.53 Å². The standard InChI is InChI=1S/C29H32O2/c1-8-12-25-23(7)28(29-21(5)19(3)26(16-30)20(4)22(29)6)18(2)15-27(25)31-17-24-13-10-9-11-14-24/h8-11,13-16H,1,12,17H2,2-7H3. The van der Waals surface area contributed by atoms with E-state index < -0.39 is 0 Å². The molecule has 0 amide bonds. The summed E-state index contributed by atoms with van der Waals surface area (Å²) in [5.74, 6) is 0.913. The van der Waals surface area contributed by atoms with Crippen LogP contribution in [0.5, 0.6) is 5.75 Å². The Morgan fingerprint density at radius 3 is 2.00 bits per heavy atom. The van der Waals surface area contributed by atoms with Crippen LogP contribution in [-0.2, 0) is 13.0 Å². The molecule has 0 aromatic heterocycles. The smallest absolute Gasteiger partial charge is 0.150 e. The molecule has 0 aliphatic carbocycles. The fourth-order valence-electron chi connectivity index (χ4n) is 4.53. The molecule has 0 bridgehead atoms. The first-order chi connectivity index (χ1) is 14.8. The lowest BCUT2D eigenvalue weighted by Crippen LogP contribution is -2.07. The van der Waals surface area contributed by atoms with E-state index in [0.717, 1.165) is 40.7 Å². The van der Waals surface area contributed by atoms with Gasteiger partial charge in [-0.3, -0.25) is 4.79 Å². The number of carbonyl (C=O) groups is 1. The molecule has 0 saturated heterocycles. The maximum absolute atomic E-state index is 11.7. The Bertz CT molecular complexity index is 1110. The van der Waals surface area contributed by atoms with Gasteiger partial charge in [-0.1, -0.05) is 36.4 Å². The third-order valence-electron chi connectivity index (χ3n) is 6.50. The van der Waals surface area contributed by atoms with E-state index >= 15 is 0 Å². The van der Waals surface area contributed by atoms with Gasteiger partial charge >= 0.3 is 0 Å². The summed E-state index contributed by atoms with van der Waals surface area (Å²) in [5.41, 5.74) is 12.4. The molecule has 0 atom stereocenters. The number of hydrogen-bond donors (Lipinski definition) is 0. The fourth-order valence-corrected chi connectivity index (χ4v) is 4.53. The number of carbonyl (C=O) groups excluding carboxylic acids is 1. The van der Waals surface area contributed by atoms with Crippen molar-refractivity contribution in [3.8, 4) is 16.9 Å². The van der Waals surface area contributed by atoms with Crippen LogP contribution in [0.1, 0.15) is 54.9 Å². The highest BCUT2D eigenvalue weighted by atomic mass is 16.5. The average Bonchev–Trinajstić information content (AvgIpc) is 2.76. The van der Waals surface area contributed by atoms with Gasteiger partial charge in [0.1, 0.15) is 12.4 Å². The number of aryl methyl sites for hydroxylation is 1. The van der Waals surface area contributed by atoms with Crippen LogP contribution in [0.3, 0.4) is 0 Å². The van der Waals surface area contributed by atoms with Gasteiger partial charge in [0.25, 0.3) is 0 Å². The van der Waals surface area contributed by atoms with E-state index in [9.17, 15) is 4.79 Å². The summed E-state index contributed by atoms with van der Waals surface area (Å²) in [4.78, 5) is 11.7. The Balaban J connectivity index is 2.19. The van der Waals surface area contributed by atoms with E-state index in [-0.39, 0.29) is 0 Å². The molecular weight excluding hydrogens is 380 g/mol. The first-order valence-electron chi connectivity index (χ1n) is 10.8. The largest absolute Gasteiger partial charge is 0.489 e. The van der Waals surface area contributed by atoms with E-state index in [1.807, 2.05) is 38.1 Å². The van der Waals surface area contributed by atoms with Crippen LogP contribution in [0.25, 0.3) is 11.1 Å². The quantitative estimate of drug-likeness (QED) is 0.300. The molecule has 31 heavy (non-hydrogen) atoms. The molecule has 0 aliphatic rings. The molecule has 160 valence electrons. The molecule has 0 fully saturated rings. The van der Waals surface area contributed by atoms with E-state index in [4.69, 9.17) is 4.74 Å². The lowest BCUT2D eigenvalue weighted by Gasteiger charge is -2.24. The normalized spacial score (nSPS) is 10.8. The number of benzene rings is 3. The first kappa shape index (κ1) is 22.6. The zero-order chi connectivity index (χ0) is 22.7. The molecule has 3 rings (SSSR count). The van der Waals surface area contributed by atoms with Gasteiger partial charge in [0, 0.05) is 11.1 Å². The third-order valence-corrected chi connectivity index (χ3v) is 6.50. The highest BCUT2D eigenvalue weighted by molar-refractivity contribution is 5.88. The summed E-state index contributed by atoms with van der Waals surface area (Å²) in [5, 5.41) is 0. The molecule has 2 nitrogen and oxygen atoms in total. The van der Waals surface area contributed by atoms with E-state index in [0.29, 0.717) is 6.61 Å². The summed E-state index contributed by atoms with van der Waals surface area (Å²) < 4.78 is 6.28. The van der Waals surface area contributed by atoms with Gasteiger partial charge in [-0.25, -0.2) is 0 Å². The molecule has 0 heterocycles. The predicted molar refractivity (Wildman–Crippen MR) is 130 cm³/mol. The van der Waals surface area contributed by atoms with Crippen molar-refractivity contribution in [2.45, 2.75) is 54.6 Å². The fraction of sp³-hybridized carbons (Fsp3) is 0.276. The minimum absolute atomic E-state index is 0.535. The second-order valence-corrected chi connectivity index (χ2v) is 8.34. The maximum Gasteiger partial charge on any atom is 0.150 e. The van der Waals surface area contributed by atoms with Crippen molar-refractivity contribution in [1.82, 2.24) is 0 Å². The molecule has 0 N–H and O–H groups in total. The van der Waals surface area contributed by atoms with Crippen LogP contribution in [0.15, 0.2) is 49.1 Å². The maximum atomic E-state index is 11.7. The Kier molecular flexibility index (Phi) is 6.80. The van der Waals surface area contributed by atoms with E-state index in [1.165, 1.54) is 38.9 Å². The van der Waals surface area contributed by atoms with Crippen molar-refractivity contribution in [2.24, 2.45) is 0 Å². The second kappa shape index (κ2) is 9.34. The highest BCUT2D eigenvalue weighted by Gasteiger charge is 2.21. The predicted octanol–water partition coefficient (Wildman–Crippen LogP) is 7.32. The van der Waals surface area contributed by atoms with Crippen LogP contribution >= 0.6 is 0 Å². The van der Waals surface area contributed by atoms with Gasteiger partial charge in [-0.15, -0.1) is 6.58 Å². The highest BCUT2D eigenvalue weighted by Crippen LogP contribution is 2.41. The summed E-state index contributed by atoms with van der Waals surface area (Å²) >= 11 is 0. The number of aldehydes is 1. The molecule has 3 aromatic rings. The van der Waals surface area contributed by atoms with Crippen molar-refractivity contribution in [3.05, 3.63) is 99.1 Å². The lowest BCUT2D eigenvalue weighted by molar-refractivity contribution is 0.112. The van der Waals surface area contributed by atoms with Crippen molar-refractivity contribution in [2.75, 3.05) is 0 Å². The molecule has 3 aromatic carbocycles. The molecule has 0 saturated carbocycles. The molecule has 0 spiro atoms. The molecule has 0 aliphatic heterocycles. The van der Waals surface area contributed by atoms with Crippen LogP contribution in [0.4, 0.5) is 0 Å². The number of hydrogen-bond acceptors (Lipinski definition) is 2. The van der Waals surface area contributed by atoms with Crippen molar-refractivity contribution in [1.29, 1.82) is 0 Å². The summed E-state index contributed by atoms with van der Waals surface area (Å²) in [7, 11) is 0. The topological polar surface area (TPSA) is 26.3 Å². The Morgan fingerprint density at radius 1 is 0.839 bits per heavy atom. The number of ether oxygens (including phenoxy) is 1. The van der Waals surface area contributed by atoms with E-state index in [2.05, 4.69) is 52.5 Å².